The zero-order chi connectivity index (χ0) is 20.9. The molecule has 4 aliphatic rings. The fraction of sp³-hybridized carbons (Fsp3) is 0.480. The van der Waals surface area contributed by atoms with Crippen LogP contribution in [0.3, 0.4) is 0 Å². The Morgan fingerprint density at radius 3 is 2.00 bits per heavy atom. The summed E-state index contributed by atoms with van der Waals surface area (Å²) in [5, 5.41) is 0. The summed E-state index contributed by atoms with van der Waals surface area (Å²) in [7, 11) is -1.43. The van der Waals surface area contributed by atoms with Crippen molar-refractivity contribution in [2.75, 3.05) is 7.05 Å². The van der Waals surface area contributed by atoms with E-state index in [1.165, 1.54) is 32.1 Å². The first-order valence-corrected chi connectivity index (χ1v) is 12.7. The third-order valence-corrected chi connectivity index (χ3v) is 9.31. The smallest absolute Gasteiger partial charge is 0.253 e. The van der Waals surface area contributed by atoms with Crippen LogP contribution in [-0.4, -0.2) is 32.3 Å². The van der Waals surface area contributed by atoms with Gasteiger partial charge in [-0.1, -0.05) is 30.3 Å². The van der Waals surface area contributed by atoms with Crippen LogP contribution >= 0.6 is 0 Å². The molecule has 0 aromatic heterocycles. The average molecular weight is 424 g/mol. The minimum absolute atomic E-state index is 0.0587. The number of rotatable bonds is 5. The molecule has 4 bridgehead atoms. The highest BCUT2D eigenvalue weighted by Crippen LogP contribution is 2.55. The van der Waals surface area contributed by atoms with E-state index in [1.54, 1.807) is 54.6 Å². The number of benzene rings is 2. The molecule has 4 nitrogen and oxygen atoms in total. The molecule has 0 heterocycles. The fourth-order valence-corrected chi connectivity index (χ4v) is 7.91. The molecule has 0 saturated heterocycles. The molecule has 2 aromatic rings. The summed E-state index contributed by atoms with van der Waals surface area (Å²) in [5.74, 6) is 3.09. The second-order valence-corrected chi connectivity index (χ2v) is 11.6. The molecule has 4 fully saturated rings. The molecule has 0 atom stereocenters. The highest BCUT2D eigenvalue weighted by Gasteiger charge is 2.50. The summed E-state index contributed by atoms with van der Waals surface area (Å²) in [4.78, 5) is 15.5. The first-order chi connectivity index (χ1) is 14.4. The van der Waals surface area contributed by atoms with Gasteiger partial charge in [-0.05, 0) is 85.6 Å². The monoisotopic (exact) mass is 423 g/mol. The standard InChI is InChI=1S/C25H29NO3S/c1-26(24-21-12-18-11-19(14-21)15-22(24)13-18)25(27)20-9-7-17(8-10-20)16-30(28,29)23-5-3-2-4-6-23/h2-10,18-19,21-22,24H,11-16H2,1H3. The molecular formula is C25H29NO3S. The Bertz CT molecular complexity index is 1000. The van der Waals surface area contributed by atoms with E-state index in [-0.39, 0.29) is 11.7 Å². The summed E-state index contributed by atoms with van der Waals surface area (Å²) in [6.45, 7) is 0. The van der Waals surface area contributed by atoms with Crippen LogP contribution in [0.1, 0.15) is 48.0 Å². The maximum atomic E-state index is 13.2. The van der Waals surface area contributed by atoms with Gasteiger partial charge in [0.1, 0.15) is 0 Å². The summed E-state index contributed by atoms with van der Waals surface area (Å²) in [6, 6.07) is 16.0. The fourth-order valence-electron chi connectivity index (χ4n) is 6.54. The molecule has 0 aliphatic heterocycles. The van der Waals surface area contributed by atoms with E-state index in [0.717, 1.165) is 11.8 Å². The van der Waals surface area contributed by atoms with Crippen molar-refractivity contribution in [3.63, 3.8) is 0 Å². The zero-order valence-electron chi connectivity index (χ0n) is 17.4. The van der Waals surface area contributed by atoms with E-state index in [2.05, 4.69) is 0 Å². The SMILES string of the molecule is CN(C(=O)c1ccc(CS(=O)(=O)c2ccccc2)cc1)C1C2CC3CC(C2)CC1C3. The molecule has 0 spiro atoms. The van der Waals surface area contributed by atoms with Crippen LogP contribution in [0.25, 0.3) is 0 Å². The number of sulfone groups is 1. The minimum atomic E-state index is -3.39. The van der Waals surface area contributed by atoms with Crippen LogP contribution in [0, 0.1) is 23.7 Å². The van der Waals surface area contributed by atoms with Gasteiger partial charge in [-0.3, -0.25) is 4.79 Å². The lowest BCUT2D eigenvalue weighted by Gasteiger charge is -2.56. The Morgan fingerprint density at radius 2 is 1.43 bits per heavy atom. The van der Waals surface area contributed by atoms with E-state index in [0.29, 0.717) is 33.9 Å². The van der Waals surface area contributed by atoms with Gasteiger partial charge >= 0.3 is 0 Å². The van der Waals surface area contributed by atoms with Crippen LogP contribution in [0.2, 0.25) is 0 Å². The Balaban J connectivity index is 1.29. The van der Waals surface area contributed by atoms with Gasteiger partial charge in [0.25, 0.3) is 5.91 Å². The number of carbonyl (C=O) groups excluding carboxylic acids is 1. The van der Waals surface area contributed by atoms with Gasteiger partial charge in [-0.15, -0.1) is 0 Å². The van der Waals surface area contributed by atoms with Crippen molar-refractivity contribution in [3.8, 4) is 0 Å². The van der Waals surface area contributed by atoms with Crippen molar-refractivity contribution in [1.82, 2.24) is 4.90 Å². The lowest BCUT2D eigenvalue weighted by molar-refractivity contribution is -0.0491. The highest BCUT2D eigenvalue weighted by atomic mass is 32.2. The third kappa shape index (κ3) is 3.58. The largest absolute Gasteiger partial charge is 0.338 e. The van der Waals surface area contributed by atoms with Gasteiger partial charge in [0.2, 0.25) is 0 Å². The van der Waals surface area contributed by atoms with Crippen LogP contribution in [0.5, 0.6) is 0 Å². The molecule has 2 aromatic carbocycles. The van der Waals surface area contributed by atoms with E-state index in [9.17, 15) is 13.2 Å². The second kappa shape index (κ2) is 7.52. The molecular weight excluding hydrogens is 394 g/mol. The van der Waals surface area contributed by atoms with Gasteiger partial charge in [0.15, 0.2) is 9.84 Å². The van der Waals surface area contributed by atoms with E-state index >= 15 is 0 Å². The first kappa shape index (κ1) is 19.8. The Morgan fingerprint density at radius 1 is 0.867 bits per heavy atom. The summed E-state index contributed by atoms with van der Waals surface area (Å²) < 4.78 is 25.2. The lowest BCUT2D eigenvalue weighted by Crippen LogP contribution is -2.56. The predicted octanol–water partition coefficient (Wildman–Crippen LogP) is 4.56. The Kier molecular flexibility index (Phi) is 4.97. The Labute approximate surface area is 179 Å². The van der Waals surface area contributed by atoms with Gasteiger partial charge in [-0.2, -0.15) is 0 Å². The van der Waals surface area contributed by atoms with E-state index in [4.69, 9.17) is 0 Å². The maximum Gasteiger partial charge on any atom is 0.253 e. The number of carbonyl (C=O) groups is 1. The van der Waals surface area contributed by atoms with Crippen molar-refractivity contribution in [2.45, 2.75) is 48.8 Å². The normalized spacial score (nSPS) is 29.7. The highest BCUT2D eigenvalue weighted by molar-refractivity contribution is 7.90. The molecule has 4 aliphatic carbocycles. The topological polar surface area (TPSA) is 54.5 Å². The second-order valence-electron chi connectivity index (χ2n) is 9.61. The molecule has 158 valence electrons. The molecule has 1 amide bonds. The molecule has 0 N–H and O–H groups in total. The molecule has 5 heteroatoms. The van der Waals surface area contributed by atoms with Gasteiger partial charge in [-0.25, -0.2) is 8.42 Å². The summed E-state index contributed by atoms with van der Waals surface area (Å²) in [5.41, 5.74) is 1.35. The predicted molar refractivity (Wildman–Crippen MR) is 117 cm³/mol. The quantitative estimate of drug-likeness (QED) is 0.709. The molecule has 0 radical (unpaired) electrons. The number of nitrogens with zero attached hydrogens (tertiary/aromatic N) is 1. The lowest BCUT2D eigenvalue weighted by atomic mass is 9.54. The molecule has 6 rings (SSSR count). The van der Waals surface area contributed by atoms with Gasteiger partial charge in [0.05, 0.1) is 10.6 Å². The average Bonchev–Trinajstić information content (AvgIpc) is 2.73. The third-order valence-electron chi connectivity index (χ3n) is 7.60. The van der Waals surface area contributed by atoms with Crippen molar-refractivity contribution in [3.05, 3.63) is 65.7 Å². The van der Waals surface area contributed by atoms with Crippen LogP contribution in [0.4, 0.5) is 0 Å². The number of hydrogen-bond acceptors (Lipinski definition) is 3. The molecule has 4 saturated carbocycles. The number of hydrogen-bond donors (Lipinski definition) is 0. The number of amides is 1. The molecule has 0 unspecified atom stereocenters. The Hall–Kier alpha value is -2.14. The van der Waals surface area contributed by atoms with Crippen LogP contribution in [0.15, 0.2) is 59.5 Å². The van der Waals surface area contributed by atoms with Crippen molar-refractivity contribution < 1.29 is 13.2 Å². The van der Waals surface area contributed by atoms with Crippen molar-refractivity contribution in [1.29, 1.82) is 0 Å². The molecule has 30 heavy (non-hydrogen) atoms. The summed E-state index contributed by atoms with van der Waals surface area (Å²) in [6.07, 6.45) is 6.54. The van der Waals surface area contributed by atoms with E-state index in [1.807, 2.05) is 11.9 Å². The van der Waals surface area contributed by atoms with Gasteiger partial charge < -0.3 is 4.90 Å². The summed E-state index contributed by atoms with van der Waals surface area (Å²) >= 11 is 0. The minimum Gasteiger partial charge on any atom is -0.338 e. The maximum absolute atomic E-state index is 13.2. The van der Waals surface area contributed by atoms with Crippen molar-refractivity contribution in [2.24, 2.45) is 23.7 Å². The first-order valence-electron chi connectivity index (χ1n) is 11.0. The van der Waals surface area contributed by atoms with Gasteiger partial charge in [0, 0.05) is 18.7 Å². The van der Waals surface area contributed by atoms with Crippen LogP contribution < -0.4 is 0 Å². The van der Waals surface area contributed by atoms with E-state index < -0.39 is 9.84 Å². The van der Waals surface area contributed by atoms with Crippen molar-refractivity contribution >= 4 is 15.7 Å². The zero-order valence-corrected chi connectivity index (χ0v) is 18.2. The van der Waals surface area contributed by atoms with Crippen LogP contribution in [-0.2, 0) is 15.6 Å².